The quantitative estimate of drug-likeness (QED) is 0.556. The highest BCUT2D eigenvalue weighted by molar-refractivity contribution is 5.17. The van der Waals surface area contributed by atoms with Crippen LogP contribution in [-0.2, 0) is 0 Å². The van der Waals surface area contributed by atoms with Gasteiger partial charge in [-0.1, -0.05) is 18.2 Å². The average Bonchev–Trinajstić information content (AvgIpc) is 1.84. The molecule has 0 aromatic rings. The Morgan fingerprint density at radius 2 is 2.09 bits per heavy atom. The molecule has 62 valence electrons. The Morgan fingerprint density at radius 3 is 2.82 bits per heavy atom. The van der Waals surface area contributed by atoms with Gasteiger partial charge in [0.15, 0.2) is 0 Å². The molecule has 0 atom stereocenters. The van der Waals surface area contributed by atoms with Crippen LogP contribution in [-0.4, -0.2) is 6.17 Å². The summed E-state index contributed by atoms with van der Waals surface area (Å²) in [6.45, 7) is 0. The Bertz CT molecular complexity index is 168. The lowest BCUT2D eigenvalue weighted by Crippen LogP contribution is -2.32. The highest BCUT2D eigenvalue weighted by Crippen LogP contribution is 2.13. The molecule has 0 radical (unpaired) electrons. The SMILES string of the molecule is NC(N)C1=CC=CCCCC1. The Kier molecular flexibility index (Phi) is 3.33. The summed E-state index contributed by atoms with van der Waals surface area (Å²) in [7, 11) is 0. The van der Waals surface area contributed by atoms with Gasteiger partial charge in [-0.05, 0) is 31.3 Å². The van der Waals surface area contributed by atoms with Gasteiger partial charge in [0.05, 0.1) is 6.17 Å². The fraction of sp³-hybridized carbons (Fsp3) is 0.556. The van der Waals surface area contributed by atoms with Gasteiger partial charge in [-0.3, -0.25) is 0 Å². The van der Waals surface area contributed by atoms with Crippen molar-refractivity contribution in [2.75, 3.05) is 0 Å². The topological polar surface area (TPSA) is 52.0 Å². The third-order valence-corrected chi connectivity index (χ3v) is 1.96. The maximum absolute atomic E-state index is 5.56. The highest BCUT2D eigenvalue weighted by Gasteiger charge is 2.03. The van der Waals surface area contributed by atoms with Gasteiger partial charge in [0.2, 0.25) is 0 Å². The molecule has 0 spiro atoms. The zero-order valence-corrected chi connectivity index (χ0v) is 6.79. The van der Waals surface area contributed by atoms with E-state index in [0.29, 0.717) is 0 Å². The molecule has 0 heterocycles. The number of nitrogens with two attached hydrogens (primary N) is 2. The molecule has 2 nitrogen and oxygen atoms in total. The number of allylic oxidation sites excluding steroid dienone is 3. The fourth-order valence-electron chi connectivity index (χ4n) is 1.24. The summed E-state index contributed by atoms with van der Waals surface area (Å²) in [4.78, 5) is 0. The van der Waals surface area contributed by atoms with E-state index < -0.39 is 0 Å². The van der Waals surface area contributed by atoms with Crippen LogP contribution >= 0.6 is 0 Å². The fourth-order valence-corrected chi connectivity index (χ4v) is 1.24. The predicted octanol–water partition coefficient (Wildman–Crippen LogP) is 1.29. The first-order chi connectivity index (χ1) is 5.30. The highest BCUT2D eigenvalue weighted by atomic mass is 14.8. The van der Waals surface area contributed by atoms with Crippen LogP contribution in [0, 0.1) is 0 Å². The molecule has 11 heavy (non-hydrogen) atoms. The van der Waals surface area contributed by atoms with Crippen molar-refractivity contribution in [2.24, 2.45) is 11.5 Å². The van der Waals surface area contributed by atoms with Crippen LogP contribution in [0.2, 0.25) is 0 Å². The number of hydrogen-bond acceptors (Lipinski definition) is 2. The first kappa shape index (κ1) is 8.50. The van der Waals surface area contributed by atoms with Gasteiger partial charge in [-0.2, -0.15) is 0 Å². The van der Waals surface area contributed by atoms with Gasteiger partial charge in [0.1, 0.15) is 0 Å². The van der Waals surface area contributed by atoms with Crippen LogP contribution in [0.25, 0.3) is 0 Å². The summed E-state index contributed by atoms with van der Waals surface area (Å²) < 4.78 is 0. The predicted molar refractivity (Wildman–Crippen MR) is 47.9 cm³/mol. The Hall–Kier alpha value is -0.600. The van der Waals surface area contributed by atoms with Crippen molar-refractivity contribution in [3.8, 4) is 0 Å². The largest absolute Gasteiger partial charge is 0.313 e. The molecule has 0 aromatic heterocycles. The van der Waals surface area contributed by atoms with Crippen LogP contribution < -0.4 is 11.5 Å². The van der Waals surface area contributed by atoms with Gasteiger partial charge >= 0.3 is 0 Å². The second-order valence-corrected chi connectivity index (χ2v) is 2.94. The van der Waals surface area contributed by atoms with Gasteiger partial charge in [0.25, 0.3) is 0 Å². The lowest BCUT2D eigenvalue weighted by Gasteiger charge is -2.11. The van der Waals surface area contributed by atoms with Crippen LogP contribution in [0.15, 0.2) is 23.8 Å². The monoisotopic (exact) mass is 152 g/mol. The second-order valence-electron chi connectivity index (χ2n) is 2.94. The second kappa shape index (κ2) is 4.31. The number of hydrogen-bond donors (Lipinski definition) is 2. The smallest absolute Gasteiger partial charge is 0.0746 e. The minimum Gasteiger partial charge on any atom is -0.313 e. The van der Waals surface area contributed by atoms with Crippen molar-refractivity contribution in [3.05, 3.63) is 23.8 Å². The molecule has 0 bridgehead atoms. The molecule has 0 fully saturated rings. The molecule has 1 aliphatic rings. The lowest BCUT2D eigenvalue weighted by molar-refractivity contribution is 0.680. The molecule has 0 unspecified atom stereocenters. The van der Waals surface area contributed by atoms with E-state index >= 15 is 0 Å². The van der Waals surface area contributed by atoms with E-state index in [-0.39, 0.29) is 6.17 Å². The van der Waals surface area contributed by atoms with E-state index in [2.05, 4.69) is 12.2 Å². The molecule has 2 heteroatoms. The molecule has 0 saturated heterocycles. The van der Waals surface area contributed by atoms with Crippen LogP contribution in [0.5, 0.6) is 0 Å². The first-order valence-electron chi connectivity index (χ1n) is 4.17. The van der Waals surface area contributed by atoms with Gasteiger partial charge in [-0.25, -0.2) is 0 Å². The van der Waals surface area contributed by atoms with Gasteiger partial charge < -0.3 is 11.5 Å². The molecule has 0 aromatic carbocycles. The van der Waals surface area contributed by atoms with Gasteiger partial charge in [0, 0.05) is 0 Å². The van der Waals surface area contributed by atoms with E-state index in [1.54, 1.807) is 0 Å². The Morgan fingerprint density at radius 1 is 1.27 bits per heavy atom. The molecule has 4 N–H and O–H groups in total. The molecule has 1 rings (SSSR count). The Balaban J connectivity index is 2.58. The molecule has 1 aliphatic carbocycles. The first-order valence-corrected chi connectivity index (χ1v) is 4.17. The summed E-state index contributed by atoms with van der Waals surface area (Å²) in [5.74, 6) is 0. The van der Waals surface area contributed by atoms with Crippen LogP contribution in [0.4, 0.5) is 0 Å². The summed E-state index contributed by atoms with van der Waals surface area (Å²) in [6, 6.07) is 0. The van der Waals surface area contributed by atoms with Crippen molar-refractivity contribution in [1.29, 1.82) is 0 Å². The summed E-state index contributed by atoms with van der Waals surface area (Å²) in [6.07, 6.45) is 10.7. The Labute approximate surface area is 68.0 Å². The minimum atomic E-state index is -0.266. The molecular weight excluding hydrogens is 136 g/mol. The van der Waals surface area contributed by atoms with E-state index in [0.717, 1.165) is 6.42 Å². The minimum absolute atomic E-state index is 0.266. The zero-order valence-electron chi connectivity index (χ0n) is 6.79. The third kappa shape index (κ3) is 2.87. The van der Waals surface area contributed by atoms with Crippen molar-refractivity contribution >= 4 is 0 Å². The van der Waals surface area contributed by atoms with E-state index in [9.17, 15) is 0 Å². The van der Waals surface area contributed by atoms with E-state index in [1.807, 2.05) is 6.08 Å². The van der Waals surface area contributed by atoms with Crippen molar-refractivity contribution < 1.29 is 0 Å². The summed E-state index contributed by atoms with van der Waals surface area (Å²) in [5.41, 5.74) is 12.3. The van der Waals surface area contributed by atoms with E-state index in [4.69, 9.17) is 11.5 Å². The third-order valence-electron chi connectivity index (χ3n) is 1.96. The van der Waals surface area contributed by atoms with Crippen molar-refractivity contribution in [3.63, 3.8) is 0 Å². The van der Waals surface area contributed by atoms with Crippen molar-refractivity contribution in [1.82, 2.24) is 0 Å². The average molecular weight is 152 g/mol. The summed E-state index contributed by atoms with van der Waals surface area (Å²) >= 11 is 0. The van der Waals surface area contributed by atoms with E-state index in [1.165, 1.54) is 24.8 Å². The number of rotatable bonds is 1. The van der Waals surface area contributed by atoms with Crippen LogP contribution in [0.1, 0.15) is 25.7 Å². The van der Waals surface area contributed by atoms with Crippen LogP contribution in [0.3, 0.4) is 0 Å². The summed E-state index contributed by atoms with van der Waals surface area (Å²) in [5, 5.41) is 0. The zero-order chi connectivity index (χ0) is 8.10. The molecule has 0 amide bonds. The maximum Gasteiger partial charge on any atom is 0.0746 e. The standard InChI is InChI=1S/C9H16N2/c10-9(11)8-6-4-2-1-3-5-7-8/h2,4,6,9H,1,3,5,7,10-11H2. The lowest BCUT2D eigenvalue weighted by atomic mass is 10.0. The normalized spacial score (nSPS) is 19.4. The molecule has 0 aliphatic heterocycles. The molecule has 0 saturated carbocycles. The van der Waals surface area contributed by atoms with Gasteiger partial charge in [-0.15, -0.1) is 0 Å². The van der Waals surface area contributed by atoms with Crippen molar-refractivity contribution in [2.45, 2.75) is 31.8 Å². The molecular formula is C9H16N2. The maximum atomic E-state index is 5.56.